The van der Waals surface area contributed by atoms with Crippen molar-refractivity contribution in [3.8, 4) is 0 Å². The van der Waals surface area contributed by atoms with Crippen molar-refractivity contribution in [2.24, 2.45) is 5.73 Å². The van der Waals surface area contributed by atoms with Gasteiger partial charge in [0.25, 0.3) is 0 Å². The zero-order valence-electron chi connectivity index (χ0n) is 9.97. The van der Waals surface area contributed by atoms with Gasteiger partial charge in [-0.2, -0.15) is 0 Å². The van der Waals surface area contributed by atoms with Crippen LogP contribution in [0.4, 0.5) is 5.69 Å². The van der Waals surface area contributed by atoms with Gasteiger partial charge >= 0.3 is 0 Å². The van der Waals surface area contributed by atoms with E-state index in [1.165, 1.54) is 18.4 Å². The third kappa shape index (κ3) is 3.46. The number of benzene rings is 1. The van der Waals surface area contributed by atoms with Crippen LogP contribution in [0.5, 0.6) is 0 Å². The minimum atomic E-state index is 0.351. The molecule has 0 radical (unpaired) electrons. The number of nitrogens with two attached hydrogens (primary N) is 1. The molecular weight excluding hydrogens is 344 g/mol. The third-order valence-electron chi connectivity index (χ3n) is 3.25. The number of rotatable bonds is 2. The monoisotopic (exact) mass is 360 g/mol. The molecule has 4 heteroatoms. The molecule has 0 saturated heterocycles. The van der Waals surface area contributed by atoms with E-state index < -0.39 is 0 Å². The van der Waals surface area contributed by atoms with Gasteiger partial charge in [-0.05, 0) is 82.2 Å². The predicted molar refractivity (Wildman–Crippen MR) is 80.4 cm³/mol. The van der Waals surface area contributed by atoms with Gasteiger partial charge in [0, 0.05) is 21.0 Å². The molecule has 0 heterocycles. The molecule has 0 spiro atoms. The number of halogens is 2. The summed E-state index contributed by atoms with van der Waals surface area (Å²) in [5.41, 5.74) is 8.41. The van der Waals surface area contributed by atoms with Gasteiger partial charge in [-0.25, -0.2) is 0 Å². The summed E-state index contributed by atoms with van der Waals surface area (Å²) in [6.07, 6.45) is 4.65. The van der Waals surface area contributed by atoms with E-state index in [0.29, 0.717) is 12.1 Å². The van der Waals surface area contributed by atoms with Crippen LogP contribution in [-0.2, 0) is 0 Å². The lowest BCUT2D eigenvalue weighted by molar-refractivity contribution is 0.409. The van der Waals surface area contributed by atoms with Crippen LogP contribution in [0.1, 0.15) is 31.2 Å². The number of nitrogens with one attached hydrogen (secondary N) is 1. The Morgan fingerprint density at radius 1 is 1.24 bits per heavy atom. The fourth-order valence-electron chi connectivity index (χ4n) is 2.40. The lowest BCUT2D eigenvalue weighted by atomic mass is 9.91. The Morgan fingerprint density at radius 2 is 1.88 bits per heavy atom. The average molecular weight is 362 g/mol. The maximum atomic E-state index is 6.02. The van der Waals surface area contributed by atoms with Crippen LogP contribution in [0.3, 0.4) is 0 Å². The average Bonchev–Trinajstić information content (AvgIpc) is 2.23. The Balaban J connectivity index is 2.12. The Kier molecular flexibility index (Phi) is 4.50. The molecule has 94 valence electrons. The summed E-state index contributed by atoms with van der Waals surface area (Å²) in [7, 11) is 0. The van der Waals surface area contributed by atoms with Crippen LogP contribution in [0.2, 0.25) is 0 Å². The van der Waals surface area contributed by atoms with E-state index in [2.05, 4.69) is 56.2 Å². The SMILES string of the molecule is Cc1cc(Br)c(NC2CCCC(N)C2)c(Br)c1. The van der Waals surface area contributed by atoms with Gasteiger partial charge in [0.05, 0.1) is 5.69 Å². The molecular formula is C13H18Br2N2. The quantitative estimate of drug-likeness (QED) is 0.828. The number of hydrogen-bond donors (Lipinski definition) is 2. The van der Waals surface area contributed by atoms with Crippen LogP contribution >= 0.6 is 31.9 Å². The first-order valence-corrected chi connectivity index (χ1v) is 7.62. The molecule has 2 nitrogen and oxygen atoms in total. The van der Waals surface area contributed by atoms with Gasteiger partial charge in [0.1, 0.15) is 0 Å². The van der Waals surface area contributed by atoms with E-state index in [1.807, 2.05) is 0 Å². The molecule has 1 aromatic rings. The third-order valence-corrected chi connectivity index (χ3v) is 4.50. The van der Waals surface area contributed by atoms with Gasteiger partial charge in [-0.1, -0.05) is 0 Å². The van der Waals surface area contributed by atoms with Crippen LogP contribution < -0.4 is 11.1 Å². The van der Waals surface area contributed by atoms with Crippen molar-refractivity contribution in [1.82, 2.24) is 0 Å². The standard InChI is InChI=1S/C13H18Br2N2/c1-8-5-11(14)13(12(15)6-8)17-10-4-2-3-9(16)7-10/h5-6,9-10,17H,2-4,7,16H2,1H3. The molecule has 3 N–H and O–H groups in total. The number of aryl methyl sites for hydroxylation is 1. The van der Waals surface area contributed by atoms with Crippen molar-refractivity contribution in [3.05, 3.63) is 26.6 Å². The van der Waals surface area contributed by atoms with Crippen molar-refractivity contribution >= 4 is 37.5 Å². The van der Waals surface area contributed by atoms with E-state index in [-0.39, 0.29) is 0 Å². The molecule has 2 atom stereocenters. The summed E-state index contributed by atoms with van der Waals surface area (Å²) in [5, 5.41) is 3.60. The van der Waals surface area contributed by atoms with E-state index in [1.54, 1.807) is 0 Å². The minimum Gasteiger partial charge on any atom is -0.380 e. The van der Waals surface area contributed by atoms with Crippen LogP contribution in [0.15, 0.2) is 21.1 Å². The second-order valence-corrected chi connectivity index (χ2v) is 6.58. The Labute approximate surface area is 120 Å². The normalized spacial score (nSPS) is 24.7. The highest BCUT2D eigenvalue weighted by Crippen LogP contribution is 2.34. The Bertz CT molecular complexity index is 383. The van der Waals surface area contributed by atoms with Gasteiger partial charge in [-0.15, -0.1) is 0 Å². The van der Waals surface area contributed by atoms with Crippen LogP contribution in [-0.4, -0.2) is 12.1 Å². The second-order valence-electron chi connectivity index (χ2n) is 4.87. The summed E-state index contributed by atoms with van der Waals surface area (Å²) < 4.78 is 2.23. The topological polar surface area (TPSA) is 38.0 Å². The molecule has 0 amide bonds. The van der Waals surface area contributed by atoms with E-state index in [9.17, 15) is 0 Å². The molecule has 17 heavy (non-hydrogen) atoms. The molecule has 0 bridgehead atoms. The molecule has 0 aromatic heterocycles. The zero-order chi connectivity index (χ0) is 12.4. The molecule has 2 rings (SSSR count). The maximum absolute atomic E-state index is 6.02. The fraction of sp³-hybridized carbons (Fsp3) is 0.538. The molecule has 0 aliphatic heterocycles. The Morgan fingerprint density at radius 3 is 2.47 bits per heavy atom. The molecule has 1 saturated carbocycles. The lowest BCUT2D eigenvalue weighted by Gasteiger charge is -2.29. The van der Waals surface area contributed by atoms with E-state index in [0.717, 1.165) is 27.5 Å². The highest BCUT2D eigenvalue weighted by molar-refractivity contribution is 9.11. The van der Waals surface area contributed by atoms with Crippen molar-refractivity contribution in [1.29, 1.82) is 0 Å². The lowest BCUT2D eigenvalue weighted by Crippen LogP contribution is -2.35. The highest BCUT2D eigenvalue weighted by Gasteiger charge is 2.20. The van der Waals surface area contributed by atoms with Gasteiger partial charge < -0.3 is 11.1 Å². The van der Waals surface area contributed by atoms with Crippen molar-refractivity contribution in [3.63, 3.8) is 0 Å². The summed E-state index contributed by atoms with van der Waals surface area (Å²) in [6.45, 7) is 2.09. The molecule has 1 aliphatic rings. The van der Waals surface area contributed by atoms with Crippen molar-refractivity contribution in [2.75, 3.05) is 5.32 Å². The molecule has 2 unspecified atom stereocenters. The first kappa shape index (κ1) is 13.4. The first-order valence-electron chi connectivity index (χ1n) is 6.04. The molecule has 1 aliphatic carbocycles. The zero-order valence-corrected chi connectivity index (χ0v) is 13.1. The van der Waals surface area contributed by atoms with Crippen LogP contribution in [0, 0.1) is 6.92 Å². The predicted octanol–water partition coefficient (Wildman–Crippen LogP) is 4.20. The maximum Gasteiger partial charge on any atom is 0.0631 e. The van der Waals surface area contributed by atoms with Crippen molar-refractivity contribution < 1.29 is 0 Å². The molecule has 1 aromatic carbocycles. The van der Waals surface area contributed by atoms with Crippen molar-refractivity contribution in [2.45, 2.75) is 44.7 Å². The summed E-state index contributed by atoms with van der Waals surface area (Å²) in [5.74, 6) is 0. The van der Waals surface area contributed by atoms with Crippen LogP contribution in [0.25, 0.3) is 0 Å². The first-order chi connectivity index (χ1) is 8.06. The number of anilines is 1. The second kappa shape index (κ2) is 5.72. The summed E-state index contributed by atoms with van der Waals surface area (Å²) in [6, 6.07) is 5.12. The van der Waals surface area contributed by atoms with E-state index in [4.69, 9.17) is 5.73 Å². The molecule has 1 fully saturated rings. The summed E-state index contributed by atoms with van der Waals surface area (Å²) >= 11 is 7.23. The Hall–Kier alpha value is -0.0600. The number of hydrogen-bond acceptors (Lipinski definition) is 2. The van der Waals surface area contributed by atoms with E-state index >= 15 is 0 Å². The van der Waals surface area contributed by atoms with Gasteiger partial charge in [0.2, 0.25) is 0 Å². The smallest absolute Gasteiger partial charge is 0.0631 e. The fourth-order valence-corrected chi connectivity index (χ4v) is 4.04. The van der Waals surface area contributed by atoms with Gasteiger partial charge in [0.15, 0.2) is 0 Å². The van der Waals surface area contributed by atoms with Gasteiger partial charge in [-0.3, -0.25) is 0 Å². The summed E-state index contributed by atoms with van der Waals surface area (Å²) in [4.78, 5) is 0. The largest absolute Gasteiger partial charge is 0.380 e. The highest BCUT2D eigenvalue weighted by atomic mass is 79.9. The minimum absolute atomic E-state index is 0.351.